The predicted molar refractivity (Wildman–Crippen MR) is 146 cm³/mol. The maximum absolute atomic E-state index is 13.2. The summed E-state index contributed by atoms with van der Waals surface area (Å²) in [6.45, 7) is 0. The molecule has 0 atom stereocenters. The van der Waals surface area contributed by atoms with E-state index >= 15 is 0 Å². The van der Waals surface area contributed by atoms with Crippen molar-refractivity contribution in [2.45, 2.75) is 0 Å². The highest BCUT2D eigenvalue weighted by molar-refractivity contribution is 6.10. The second kappa shape index (κ2) is 8.07. The average molecular weight is 483 g/mol. The number of rotatable bonds is 4. The molecule has 0 fully saturated rings. The molecule has 1 aromatic heterocycles. The van der Waals surface area contributed by atoms with Gasteiger partial charge < -0.3 is 9.47 Å². The van der Waals surface area contributed by atoms with Crippen LogP contribution < -0.4 is 14.9 Å². The second-order valence-corrected chi connectivity index (χ2v) is 9.09. The van der Waals surface area contributed by atoms with Crippen molar-refractivity contribution in [2.75, 3.05) is 14.2 Å². The van der Waals surface area contributed by atoms with Crippen LogP contribution in [0, 0.1) is 0 Å². The molecule has 0 saturated heterocycles. The minimum absolute atomic E-state index is 0.0696. The molecule has 1 aliphatic rings. The first-order valence-electron chi connectivity index (χ1n) is 12.1. The summed E-state index contributed by atoms with van der Waals surface area (Å²) in [5.74, 6) is 1.43. The molecule has 5 heteroatoms. The number of nitrogens with zero attached hydrogens (tertiary/aromatic N) is 2. The van der Waals surface area contributed by atoms with Gasteiger partial charge in [0.05, 0.1) is 25.6 Å². The van der Waals surface area contributed by atoms with Crippen LogP contribution in [0.4, 0.5) is 0 Å². The first-order valence-corrected chi connectivity index (χ1v) is 12.1. The van der Waals surface area contributed by atoms with Crippen LogP contribution in [0.5, 0.6) is 11.5 Å². The van der Waals surface area contributed by atoms with E-state index in [9.17, 15) is 4.79 Å². The molecule has 7 rings (SSSR count). The highest BCUT2D eigenvalue weighted by Crippen LogP contribution is 2.53. The Morgan fingerprint density at radius 1 is 0.622 bits per heavy atom. The van der Waals surface area contributed by atoms with Gasteiger partial charge in [0.25, 0.3) is 0 Å². The van der Waals surface area contributed by atoms with Gasteiger partial charge in [0.15, 0.2) is 5.43 Å². The number of fused-ring (bicyclic) bond motifs is 8. The van der Waals surface area contributed by atoms with E-state index in [-0.39, 0.29) is 5.43 Å². The lowest BCUT2D eigenvalue weighted by molar-refractivity contribution is 0.415. The van der Waals surface area contributed by atoms with E-state index in [0.29, 0.717) is 5.75 Å². The molecule has 0 aliphatic heterocycles. The predicted octanol–water partition coefficient (Wildman–Crippen LogP) is 6.77. The van der Waals surface area contributed by atoms with Crippen LogP contribution in [0.1, 0.15) is 0 Å². The smallest absolute Gasteiger partial charge is 0.195 e. The summed E-state index contributed by atoms with van der Waals surface area (Å²) < 4.78 is 13.2. The van der Waals surface area contributed by atoms with Crippen LogP contribution in [-0.2, 0) is 0 Å². The Kier molecular flexibility index (Phi) is 4.66. The number of aromatic nitrogens is 2. The van der Waals surface area contributed by atoms with E-state index < -0.39 is 0 Å². The molecular weight excluding hydrogens is 460 g/mol. The summed E-state index contributed by atoms with van der Waals surface area (Å²) in [5, 5.41) is 5.23. The molecule has 178 valence electrons. The van der Waals surface area contributed by atoms with E-state index in [1.807, 2.05) is 77.5 Å². The number of ether oxygens (including phenoxy) is 2. The molecule has 5 nitrogen and oxygen atoms in total. The molecule has 0 bridgehead atoms. The van der Waals surface area contributed by atoms with Crippen LogP contribution in [0.15, 0.2) is 102 Å². The average Bonchev–Trinajstić information content (AvgIpc) is 3.44. The van der Waals surface area contributed by atoms with Gasteiger partial charge in [-0.05, 0) is 65.2 Å². The Morgan fingerprint density at radius 2 is 1.19 bits per heavy atom. The first-order chi connectivity index (χ1) is 18.2. The maximum atomic E-state index is 13.2. The van der Waals surface area contributed by atoms with Gasteiger partial charge in [-0.25, -0.2) is 4.68 Å². The topological polar surface area (TPSA) is 53.4 Å². The summed E-state index contributed by atoms with van der Waals surface area (Å²) in [7, 11) is 3.31. The van der Waals surface area contributed by atoms with Gasteiger partial charge in [0, 0.05) is 27.8 Å². The van der Waals surface area contributed by atoms with Crippen molar-refractivity contribution in [2.24, 2.45) is 0 Å². The zero-order chi connectivity index (χ0) is 25.1. The summed E-state index contributed by atoms with van der Waals surface area (Å²) in [6, 6.07) is 32.1. The highest BCUT2D eigenvalue weighted by Gasteiger charge is 2.36. The van der Waals surface area contributed by atoms with Crippen LogP contribution in [0.2, 0.25) is 0 Å². The summed E-state index contributed by atoms with van der Waals surface area (Å²) in [4.78, 5) is 13.2. The summed E-state index contributed by atoms with van der Waals surface area (Å²) >= 11 is 0. The largest absolute Gasteiger partial charge is 0.497 e. The number of methoxy groups -OCH3 is 2. The van der Waals surface area contributed by atoms with Gasteiger partial charge in [0.2, 0.25) is 0 Å². The molecule has 1 aliphatic carbocycles. The van der Waals surface area contributed by atoms with Gasteiger partial charge in [0.1, 0.15) is 17.2 Å². The number of hydrogen-bond acceptors (Lipinski definition) is 4. The van der Waals surface area contributed by atoms with Gasteiger partial charge in [-0.2, -0.15) is 5.10 Å². The molecule has 0 N–H and O–H groups in total. The van der Waals surface area contributed by atoms with E-state index in [4.69, 9.17) is 14.6 Å². The molecule has 0 spiro atoms. The van der Waals surface area contributed by atoms with Crippen LogP contribution in [-0.4, -0.2) is 24.0 Å². The van der Waals surface area contributed by atoms with Crippen molar-refractivity contribution in [3.63, 3.8) is 0 Å². The Morgan fingerprint density at radius 3 is 1.81 bits per heavy atom. The Labute approximate surface area is 213 Å². The zero-order valence-electron chi connectivity index (χ0n) is 20.4. The summed E-state index contributed by atoms with van der Waals surface area (Å²) in [5.41, 5.74) is 9.78. The van der Waals surface area contributed by atoms with Gasteiger partial charge in [-0.15, -0.1) is 0 Å². The third-order valence-corrected chi connectivity index (χ3v) is 7.09. The monoisotopic (exact) mass is 482 g/mol. The lowest BCUT2D eigenvalue weighted by Crippen LogP contribution is -1.99. The van der Waals surface area contributed by atoms with E-state index in [1.165, 1.54) is 0 Å². The Hall–Kier alpha value is -4.90. The fraction of sp³-hybridized carbons (Fsp3) is 0.0625. The Bertz CT molecular complexity index is 1810. The van der Waals surface area contributed by atoms with Crippen LogP contribution in [0.3, 0.4) is 0 Å². The lowest BCUT2D eigenvalue weighted by atomic mass is 9.87. The molecule has 0 amide bonds. The minimum Gasteiger partial charge on any atom is -0.497 e. The standard InChI is InChI=1S/C32H22N2O3/c1-36-21-13-15-23-25(17-21)29-30(26-18-22(37-2)14-16-24(26)28-27(23)32(28)35)33-34(20-11-7-4-8-12-20)31(29)19-9-5-3-6-10-19/h3-18H,1-2H3. The molecule has 0 radical (unpaired) electrons. The SMILES string of the molecule is COc1ccc2c(c1)-c1nn(-c3ccccc3)c(-c3ccccc3)c1-c1cc(OC)ccc1-c1c-2c1=O. The number of para-hydroxylation sites is 1. The summed E-state index contributed by atoms with van der Waals surface area (Å²) in [6.07, 6.45) is 0. The molecule has 1 heterocycles. The van der Waals surface area contributed by atoms with Gasteiger partial charge in [-0.1, -0.05) is 48.5 Å². The Balaban J connectivity index is 1.68. The normalized spacial score (nSPS) is 11.6. The minimum atomic E-state index is 0.0696. The molecule has 37 heavy (non-hydrogen) atoms. The fourth-order valence-electron chi connectivity index (χ4n) is 5.30. The van der Waals surface area contributed by atoms with Crippen LogP contribution >= 0.6 is 0 Å². The number of benzene rings is 4. The van der Waals surface area contributed by atoms with Crippen molar-refractivity contribution < 1.29 is 9.47 Å². The second-order valence-electron chi connectivity index (χ2n) is 9.09. The number of hydrogen-bond donors (Lipinski definition) is 0. The highest BCUT2D eigenvalue weighted by atomic mass is 16.5. The fourth-order valence-corrected chi connectivity index (χ4v) is 5.30. The van der Waals surface area contributed by atoms with Crippen LogP contribution in [0.25, 0.3) is 61.6 Å². The molecule has 5 aromatic carbocycles. The molecule has 6 aromatic rings. The van der Waals surface area contributed by atoms with E-state index in [2.05, 4.69) is 24.3 Å². The lowest BCUT2D eigenvalue weighted by Gasteiger charge is -2.16. The molecule has 0 saturated carbocycles. The van der Waals surface area contributed by atoms with Gasteiger partial charge in [-0.3, -0.25) is 4.79 Å². The third-order valence-electron chi connectivity index (χ3n) is 7.09. The van der Waals surface area contributed by atoms with E-state index in [0.717, 1.165) is 67.3 Å². The quantitative estimate of drug-likeness (QED) is 0.278. The molecular formula is C32H22N2O3. The zero-order valence-corrected chi connectivity index (χ0v) is 20.4. The maximum Gasteiger partial charge on any atom is 0.195 e. The van der Waals surface area contributed by atoms with Crippen molar-refractivity contribution in [3.8, 4) is 73.1 Å². The van der Waals surface area contributed by atoms with Crippen molar-refractivity contribution in [3.05, 3.63) is 107 Å². The van der Waals surface area contributed by atoms with Crippen molar-refractivity contribution >= 4 is 0 Å². The van der Waals surface area contributed by atoms with Gasteiger partial charge >= 0.3 is 0 Å². The third kappa shape index (κ3) is 3.17. The van der Waals surface area contributed by atoms with Crippen molar-refractivity contribution in [1.82, 2.24) is 9.78 Å². The van der Waals surface area contributed by atoms with E-state index in [1.54, 1.807) is 14.2 Å². The van der Waals surface area contributed by atoms with Crippen molar-refractivity contribution in [1.29, 1.82) is 0 Å². The molecule has 0 unspecified atom stereocenters. The first kappa shape index (κ1) is 21.4.